The zero-order valence-corrected chi connectivity index (χ0v) is 11.3. The van der Waals surface area contributed by atoms with Gasteiger partial charge in [-0.25, -0.2) is 0 Å². The van der Waals surface area contributed by atoms with Gasteiger partial charge in [0.1, 0.15) is 5.75 Å². The number of para-hydroxylation sites is 2. The predicted octanol–water partition coefficient (Wildman–Crippen LogP) is 4.17. The van der Waals surface area contributed by atoms with Crippen LogP contribution in [0.2, 0.25) is 0 Å². The lowest BCUT2D eigenvalue weighted by atomic mass is 10.1. The third-order valence-corrected chi connectivity index (χ3v) is 3.33. The number of rotatable bonds is 3. The van der Waals surface area contributed by atoms with Crippen LogP contribution in [-0.4, -0.2) is 7.11 Å². The van der Waals surface area contributed by atoms with Crippen molar-refractivity contribution in [3.8, 4) is 5.75 Å². The van der Waals surface area contributed by atoms with E-state index in [0.717, 1.165) is 33.6 Å². The van der Waals surface area contributed by atoms with Crippen LogP contribution >= 0.6 is 0 Å². The molecular weight excluding hydrogens is 248 g/mol. The van der Waals surface area contributed by atoms with Crippen LogP contribution in [0.25, 0.3) is 10.8 Å². The van der Waals surface area contributed by atoms with E-state index < -0.39 is 0 Å². The molecule has 20 heavy (non-hydrogen) atoms. The lowest BCUT2D eigenvalue weighted by molar-refractivity contribution is 0.417. The van der Waals surface area contributed by atoms with E-state index in [0.29, 0.717) is 0 Å². The van der Waals surface area contributed by atoms with Crippen molar-refractivity contribution in [2.24, 2.45) is 0 Å². The first kappa shape index (κ1) is 12.4. The summed E-state index contributed by atoms with van der Waals surface area (Å²) in [6.07, 6.45) is 0. The fourth-order valence-electron chi connectivity index (χ4n) is 2.31. The second-order valence-corrected chi connectivity index (χ2v) is 4.58. The normalized spacial score (nSPS) is 10.4. The third kappa shape index (κ3) is 2.14. The fourth-order valence-corrected chi connectivity index (χ4v) is 2.31. The average molecular weight is 264 g/mol. The quantitative estimate of drug-likeness (QED) is 0.698. The largest absolute Gasteiger partial charge is 0.495 e. The van der Waals surface area contributed by atoms with Gasteiger partial charge in [-0.15, -0.1) is 0 Å². The average Bonchev–Trinajstić information content (AvgIpc) is 2.50. The number of benzene rings is 3. The standard InChI is InChI=1S/C17H16N2O/c1-20-16-9-5-4-8-15(16)19-17-13-7-3-2-6-12(13)10-11-14(17)18/h2-11,19H,18H2,1H3. The molecule has 0 aliphatic rings. The Balaban J connectivity index is 2.13. The molecule has 0 bridgehead atoms. The van der Waals surface area contributed by atoms with E-state index in [2.05, 4.69) is 17.4 Å². The van der Waals surface area contributed by atoms with Crippen molar-refractivity contribution in [1.29, 1.82) is 0 Å². The summed E-state index contributed by atoms with van der Waals surface area (Å²) in [7, 11) is 1.66. The van der Waals surface area contributed by atoms with E-state index in [9.17, 15) is 0 Å². The van der Waals surface area contributed by atoms with E-state index >= 15 is 0 Å². The fraction of sp³-hybridized carbons (Fsp3) is 0.0588. The topological polar surface area (TPSA) is 47.3 Å². The summed E-state index contributed by atoms with van der Waals surface area (Å²) in [5, 5.41) is 5.63. The molecule has 0 amide bonds. The second kappa shape index (κ2) is 5.13. The summed E-state index contributed by atoms with van der Waals surface area (Å²) in [4.78, 5) is 0. The molecule has 3 aromatic carbocycles. The molecule has 3 nitrogen and oxygen atoms in total. The number of nitrogen functional groups attached to an aromatic ring is 1. The maximum absolute atomic E-state index is 6.12. The van der Waals surface area contributed by atoms with E-state index in [1.54, 1.807) is 7.11 Å². The van der Waals surface area contributed by atoms with Crippen molar-refractivity contribution < 1.29 is 4.74 Å². The Morgan fingerprint density at radius 3 is 2.50 bits per heavy atom. The summed E-state index contributed by atoms with van der Waals surface area (Å²) in [6.45, 7) is 0. The number of nitrogens with one attached hydrogen (secondary N) is 1. The Bertz CT molecular complexity index is 753. The molecule has 0 saturated heterocycles. The molecule has 3 N–H and O–H groups in total. The minimum absolute atomic E-state index is 0.717. The number of anilines is 3. The van der Waals surface area contributed by atoms with Gasteiger partial charge in [0.15, 0.2) is 0 Å². The first-order valence-electron chi connectivity index (χ1n) is 6.47. The minimum atomic E-state index is 0.717. The number of methoxy groups -OCH3 is 1. The molecular formula is C17H16N2O. The van der Waals surface area contributed by atoms with Crippen molar-refractivity contribution in [3.63, 3.8) is 0 Å². The van der Waals surface area contributed by atoms with Gasteiger partial charge >= 0.3 is 0 Å². The highest BCUT2D eigenvalue weighted by Crippen LogP contribution is 2.34. The van der Waals surface area contributed by atoms with Crippen LogP contribution in [0.4, 0.5) is 17.1 Å². The minimum Gasteiger partial charge on any atom is -0.495 e. The molecule has 0 aromatic heterocycles. The monoisotopic (exact) mass is 264 g/mol. The van der Waals surface area contributed by atoms with Gasteiger partial charge in [-0.3, -0.25) is 0 Å². The lowest BCUT2D eigenvalue weighted by Gasteiger charge is -2.15. The number of fused-ring (bicyclic) bond motifs is 1. The first-order chi connectivity index (χ1) is 9.79. The van der Waals surface area contributed by atoms with Crippen LogP contribution in [0.1, 0.15) is 0 Å². The van der Waals surface area contributed by atoms with Gasteiger partial charge in [0.2, 0.25) is 0 Å². The second-order valence-electron chi connectivity index (χ2n) is 4.58. The zero-order valence-electron chi connectivity index (χ0n) is 11.3. The first-order valence-corrected chi connectivity index (χ1v) is 6.47. The molecule has 3 rings (SSSR count). The van der Waals surface area contributed by atoms with Gasteiger partial charge in [0.25, 0.3) is 0 Å². The Kier molecular flexibility index (Phi) is 3.17. The van der Waals surface area contributed by atoms with E-state index in [1.165, 1.54) is 0 Å². The highest BCUT2D eigenvalue weighted by molar-refractivity contribution is 6.01. The summed E-state index contributed by atoms with van der Waals surface area (Å²) in [5.41, 5.74) is 8.65. The van der Waals surface area contributed by atoms with Crippen LogP contribution in [0.15, 0.2) is 60.7 Å². The van der Waals surface area contributed by atoms with Crippen molar-refractivity contribution in [1.82, 2.24) is 0 Å². The zero-order chi connectivity index (χ0) is 13.9. The molecule has 0 unspecified atom stereocenters. The van der Waals surface area contributed by atoms with Crippen LogP contribution in [0, 0.1) is 0 Å². The highest BCUT2D eigenvalue weighted by atomic mass is 16.5. The Morgan fingerprint density at radius 1 is 0.900 bits per heavy atom. The smallest absolute Gasteiger partial charge is 0.142 e. The Hall–Kier alpha value is -2.68. The number of hydrogen-bond donors (Lipinski definition) is 2. The summed E-state index contributed by atoms with van der Waals surface area (Å²) in [6, 6.07) is 19.9. The van der Waals surface area contributed by atoms with Crippen LogP contribution in [-0.2, 0) is 0 Å². The molecule has 0 atom stereocenters. The van der Waals surface area contributed by atoms with Crippen molar-refractivity contribution in [2.75, 3.05) is 18.2 Å². The number of nitrogens with two attached hydrogens (primary N) is 1. The summed E-state index contributed by atoms with van der Waals surface area (Å²) in [5.74, 6) is 0.792. The van der Waals surface area contributed by atoms with Crippen molar-refractivity contribution in [2.45, 2.75) is 0 Å². The van der Waals surface area contributed by atoms with Gasteiger partial charge in [-0.2, -0.15) is 0 Å². The van der Waals surface area contributed by atoms with E-state index in [1.807, 2.05) is 48.5 Å². The SMILES string of the molecule is COc1ccccc1Nc1c(N)ccc2ccccc12. The molecule has 0 radical (unpaired) electrons. The molecule has 0 fully saturated rings. The maximum atomic E-state index is 6.12. The Morgan fingerprint density at radius 2 is 1.65 bits per heavy atom. The summed E-state index contributed by atoms with van der Waals surface area (Å²) >= 11 is 0. The Labute approximate surface area is 118 Å². The summed E-state index contributed by atoms with van der Waals surface area (Å²) < 4.78 is 5.37. The molecule has 0 aliphatic carbocycles. The molecule has 3 heteroatoms. The van der Waals surface area contributed by atoms with Crippen LogP contribution in [0.3, 0.4) is 0 Å². The lowest BCUT2D eigenvalue weighted by Crippen LogP contribution is -1.99. The third-order valence-electron chi connectivity index (χ3n) is 3.33. The van der Waals surface area contributed by atoms with Gasteiger partial charge in [-0.1, -0.05) is 42.5 Å². The molecule has 100 valence electrons. The molecule has 3 aromatic rings. The van der Waals surface area contributed by atoms with Crippen LogP contribution in [0.5, 0.6) is 5.75 Å². The van der Waals surface area contributed by atoms with E-state index in [-0.39, 0.29) is 0 Å². The molecule has 0 spiro atoms. The van der Waals surface area contributed by atoms with Gasteiger partial charge in [0.05, 0.1) is 24.2 Å². The van der Waals surface area contributed by atoms with Gasteiger partial charge < -0.3 is 15.8 Å². The van der Waals surface area contributed by atoms with Crippen molar-refractivity contribution in [3.05, 3.63) is 60.7 Å². The molecule has 0 saturated carbocycles. The molecule has 0 heterocycles. The number of ether oxygens (including phenoxy) is 1. The van der Waals surface area contributed by atoms with E-state index in [4.69, 9.17) is 10.5 Å². The van der Waals surface area contributed by atoms with Crippen LogP contribution < -0.4 is 15.8 Å². The number of hydrogen-bond acceptors (Lipinski definition) is 3. The predicted molar refractivity (Wildman–Crippen MR) is 84.6 cm³/mol. The van der Waals surface area contributed by atoms with Gasteiger partial charge in [-0.05, 0) is 23.6 Å². The highest BCUT2D eigenvalue weighted by Gasteiger charge is 2.08. The van der Waals surface area contributed by atoms with Crippen molar-refractivity contribution >= 4 is 27.8 Å². The molecule has 0 aliphatic heterocycles. The maximum Gasteiger partial charge on any atom is 0.142 e. The van der Waals surface area contributed by atoms with Gasteiger partial charge in [0, 0.05) is 5.39 Å².